The van der Waals surface area contributed by atoms with Crippen LogP contribution in [0.2, 0.25) is 0 Å². The molecule has 1 aromatic heterocycles. The molecule has 1 aliphatic heterocycles. The summed E-state index contributed by atoms with van der Waals surface area (Å²) in [5, 5.41) is 13.7. The molecule has 0 spiro atoms. The first-order chi connectivity index (χ1) is 14.9. The van der Waals surface area contributed by atoms with Crippen LogP contribution >= 0.6 is 0 Å². The van der Waals surface area contributed by atoms with E-state index in [1.807, 2.05) is 4.90 Å². The van der Waals surface area contributed by atoms with Gasteiger partial charge in [0.1, 0.15) is 11.6 Å². The zero-order valence-corrected chi connectivity index (χ0v) is 17.0. The number of aromatic amines is 1. The third-order valence-electron chi connectivity index (χ3n) is 5.48. The number of benzene rings is 2. The molecule has 1 atom stereocenters. The summed E-state index contributed by atoms with van der Waals surface area (Å²) in [7, 11) is 0. The van der Waals surface area contributed by atoms with Crippen molar-refractivity contribution in [1.82, 2.24) is 14.9 Å². The Morgan fingerprint density at radius 1 is 1.35 bits per heavy atom. The van der Waals surface area contributed by atoms with Gasteiger partial charge in [0, 0.05) is 23.4 Å². The minimum atomic E-state index is -0.466. The SMILES string of the molecule is Cc1cc([N+](=O)[O-])ccc1NC(=O)CN1CCCC1c1ncc(-c2ccccc2F)[nH]1. The first kappa shape index (κ1) is 20.7. The van der Waals surface area contributed by atoms with Crippen LogP contribution in [0.15, 0.2) is 48.7 Å². The van der Waals surface area contributed by atoms with Crippen molar-refractivity contribution in [2.45, 2.75) is 25.8 Å². The van der Waals surface area contributed by atoms with E-state index in [2.05, 4.69) is 15.3 Å². The molecule has 1 fully saturated rings. The van der Waals surface area contributed by atoms with Gasteiger partial charge in [-0.1, -0.05) is 12.1 Å². The van der Waals surface area contributed by atoms with Crippen molar-refractivity contribution in [2.75, 3.05) is 18.4 Å². The molecule has 1 unspecified atom stereocenters. The molecule has 1 saturated heterocycles. The number of nitro benzene ring substituents is 1. The van der Waals surface area contributed by atoms with E-state index in [0.717, 1.165) is 19.4 Å². The van der Waals surface area contributed by atoms with Crippen LogP contribution in [0.3, 0.4) is 0 Å². The van der Waals surface area contributed by atoms with Crippen LogP contribution in [0.1, 0.15) is 30.3 Å². The van der Waals surface area contributed by atoms with Crippen molar-refractivity contribution >= 4 is 17.3 Å². The minimum Gasteiger partial charge on any atom is -0.341 e. The van der Waals surface area contributed by atoms with Gasteiger partial charge in [0.25, 0.3) is 5.69 Å². The van der Waals surface area contributed by atoms with Crippen LogP contribution in [-0.2, 0) is 4.79 Å². The van der Waals surface area contributed by atoms with Gasteiger partial charge in [-0.25, -0.2) is 9.37 Å². The Balaban J connectivity index is 1.44. The van der Waals surface area contributed by atoms with Gasteiger partial charge in [0.2, 0.25) is 5.91 Å². The maximum Gasteiger partial charge on any atom is 0.269 e. The van der Waals surface area contributed by atoms with E-state index in [0.29, 0.717) is 28.3 Å². The summed E-state index contributed by atoms with van der Waals surface area (Å²) < 4.78 is 14.1. The molecule has 2 N–H and O–H groups in total. The van der Waals surface area contributed by atoms with Crippen molar-refractivity contribution in [3.05, 3.63) is 76.0 Å². The van der Waals surface area contributed by atoms with E-state index in [4.69, 9.17) is 0 Å². The second kappa shape index (κ2) is 8.65. The van der Waals surface area contributed by atoms with Crippen LogP contribution in [0.5, 0.6) is 0 Å². The first-order valence-corrected chi connectivity index (χ1v) is 10.0. The van der Waals surface area contributed by atoms with Crippen molar-refractivity contribution in [3.63, 3.8) is 0 Å². The van der Waals surface area contributed by atoms with Crippen LogP contribution in [0.25, 0.3) is 11.3 Å². The predicted octanol–water partition coefficient (Wildman–Crippen LogP) is 4.21. The van der Waals surface area contributed by atoms with Crippen LogP contribution in [-0.4, -0.2) is 38.8 Å². The summed E-state index contributed by atoms with van der Waals surface area (Å²) in [6, 6.07) is 10.8. The van der Waals surface area contributed by atoms with Crippen LogP contribution in [0, 0.1) is 22.9 Å². The largest absolute Gasteiger partial charge is 0.341 e. The van der Waals surface area contributed by atoms with Gasteiger partial charge in [0.05, 0.1) is 29.4 Å². The van der Waals surface area contributed by atoms with Crippen molar-refractivity contribution < 1.29 is 14.1 Å². The molecule has 0 aliphatic carbocycles. The van der Waals surface area contributed by atoms with Crippen molar-refractivity contribution in [3.8, 4) is 11.3 Å². The number of amides is 1. The number of imidazole rings is 1. The standard InChI is InChI=1S/C22H22FN5O3/c1-14-11-15(28(30)31)8-9-18(14)25-21(29)13-27-10-4-7-20(27)22-24-12-19(26-22)16-5-2-3-6-17(16)23/h2-3,5-6,8-9,11-12,20H,4,7,10,13H2,1H3,(H,24,26)(H,25,29). The molecule has 160 valence electrons. The number of halogens is 1. The highest BCUT2D eigenvalue weighted by Gasteiger charge is 2.30. The third kappa shape index (κ3) is 4.46. The van der Waals surface area contributed by atoms with Gasteiger partial charge < -0.3 is 10.3 Å². The molecule has 0 radical (unpaired) electrons. The fourth-order valence-electron chi connectivity index (χ4n) is 3.92. The number of nitrogens with zero attached hydrogens (tertiary/aromatic N) is 3. The second-order valence-corrected chi connectivity index (χ2v) is 7.59. The minimum absolute atomic E-state index is 0.0152. The molecule has 3 aromatic rings. The lowest BCUT2D eigenvalue weighted by atomic mass is 10.1. The Labute approximate surface area is 178 Å². The number of nitrogens with one attached hydrogen (secondary N) is 2. The number of anilines is 1. The fourth-order valence-corrected chi connectivity index (χ4v) is 3.92. The average molecular weight is 423 g/mol. The summed E-state index contributed by atoms with van der Waals surface area (Å²) >= 11 is 0. The van der Waals surface area contributed by atoms with E-state index in [1.54, 1.807) is 37.4 Å². The lowest BCUT2D eigenvalue weighted by Crippen LogP contribution is -2.33. The molecule has 4 rings (SSSR count). The van der Waals surface area contributed by atoms with E-state index in [1.165, 1.54) is 18.2 Å². The Hall–Kier alpha value is -3.59. The molecule has 1 aliphatic rings. The third-order valence-corrected chi connectivity index (χ3v) is 5.48. The highest BCUT2D eigenvalue weighted by atomic mass is 19.1. The molecular weight excluding hydrogens is 401 g/mol. The van der Waals surface area contributed by atoms with Crippen molar-refractivity contribution in [2.24, 2.45) is 0 Å². The zero-order chi connectivity index (χ0) is 22.0. The van der Waals surface area contributed by atoms with Gasteiger partial charge in [0.15, 0.2) is 0 Å². The maximum atomic E-state index is 14.1. The van der Waals surface area contributed by atoms with E-state index < -0.39 is 4.92 Å². The van der Waals surface area contributed by atoms with Crippen molar-refractivity contribution in [1.29, 1.82) is 0 Å². The number of carbonyl (C=O) groups excluding carboxylic acids is 1. The number of hydrogen-bond donors (Lipinski definition) is 2. The molecule has 0 saturated carbocycles. The topological polar surface area (TPSA) is 104 Å². The molecule has 0 bridgehead atoms. The quantitative estimate of drug-likeness (QED) is 0.457. The van der Waals surface area contributed by atoms with Gasteiger partial charge in [-0.2, -0.15) is 0 Å². The number of hydrogen-bond acceptors (Lipinski definition) is 5. The number of aryl methyl sites for hydroxylation is 1. The summed E-state index contributed by atoms with van der Waals surface area (Å²) in [5.74, 6) is 0.179. The summed E-state index contributed by atoms with van der Waals surface area (Å²) in [4.78, 5) is 32.7. The van der Waals surface area contributed by atoms with Gasteiger partial charge >= 0.3 is 0 Å². The molecule has 1 amide bonds. The summed E-state index contributed by atoms with van der Waals surface area (Å²) in [5.41, 5.74) is 2.22. The molecule has 8 nitrogen and oxygen atoms in total. The maximum absolute atomic E-state index is 14.1. The Bertz CT molecular complexity index is 1130. The first-order valence-electron chi connectivity index (χ1n) is 10.0. The second-order valence-electron chi connectivity index (χ2n) is 7.59. The monoisotopic (exact) mass is 423 g/mol. The molecular formula is C22H22FN5O3. The lowest BCUT2D eigenvalue weighted by molar-refractivity contribution is -0.384. The van der Waals surface area contributed by atoms with Gasteiger partial charge in [-0.05, 0) is 50.1 Å². The number of non-ortho nitro benzene ring substituents is 1. The summed E-state index contributed by atoms with van der Waals surface area (Å²) in [6.07, 6.45) is 3.38. The average Bonchev–Trinajstić information content (AvgIpc) is 3.39. The van der Waals surface area contributed by atoms with E-state index in [9.17, 15) is 19.3 Å². The number of nitro groups is 1. The highest BCUT2D eigenvalue weighted by Crippen LogP contribution is 2.32. The summed E-state index contributed by atoms with van der Waals surface area (Å²) in [6.45, 7) is 2.62. The molecule has 9 heteroatoms. The van der Waals surface area contributed by atoms with Crippen LogP contribution in [0.4, 0.5) is 15.8 Å². The Morgan fingerprint density at radius 3 is 2.90 bits per heavy atom. The normalized spacial score (nSPS) is 16.4. The Kier molecular flexibility index (Phi) is 5.77. The van der Waals surface area contributed by atoms with E-state index in [-0.39, 0.29) is 30.0 Å². The predicted molar refractivity (Wildman–Crippen MR) is 114 cm³/mol. The van der Waals surface area contributed by atoms with Gasteiger partial charge in [-0.3, -0.25) is 19.8 Å². The number of aromatic nitrogens is 2. The lowest BCUT2D eigenvalue weighted by Gasteiger charge is -2.22. The fraction of sp³-hybridized carbons (Fsp3) is 0.273. The Morgan fingerprint density at radius 2 is 2.16 bits per heavy atom. The number of rotatable bonds is 6. The molecule has 31 heavy (non-hydrogen) atoms. The molecule has 2 heterocycles. The smallest absolute Gasteiger partial charge is 0.269 e. The number of carbonyl (C=O) groups is 1. The highest BCUT2D eigenvalue weighted by molar-refractivity contribution is 5.93. The number of H-pyrrole nitrogens is 1. The molecule has 2 aromatic carbocycles. The van der Waals surface area contributed by atoms with E-state index >= 15 is 0 Å². The van der Waals surface area contributed by atoms with Gasteiger partial charge in [-0.15, -0.1) is 0 Å². The zero-order valence-electron chi connectivity index (χ0n) is 17.0. The van der Waals surface area contributed by atoms with Crippen LogP contribution < -0.4 is 5.32 Å². The number of likely N-dealkylation sites (tertiary alicyclic amines) is 1.